The van der Waals surface area contributed by atoms with Crippen LogP contribution in [0.5, 0.6) is 5.75 Å². The second kappa shape index (κ2) is 11.2. The second-order valence-corrected chi connectivity index (χ2v) is 4.92. The minimum atomic E-state index is -2.52. The van der Waals surface area contributed by atoms with Crippen LogP contribution in [0.3, 0.4) is 0 Å². The molecule has 0 radical (unpaired) electrons. The first kappa shape index (κ1) is 22.9. The van der Waals surface area contributed by atoms with Gasteiger partial charge in [-0.2, -0.15) is 4.39 Å². The lowest BCUT2D eigenvalue weighted by molar-refractivity contribution is 0.269. The zero-order valence-electron chi connectivity index (χ0n) is 13.4. The predicted molar refractivity (Wildman–Crippen MR) is 76.3 cm³/mol. The zero-order valence-corrected chi connectivity index (χ0v) is 13.4. The van der Waals surface area contributed by atoms with Crippen molar-refractivity contribution in [2.45, 2.75) is 0 Å². The second-order valence-electron chi connectivity index (χ2n) is 4.92. The molecule has 0 saturated heterocycles. The van der Waals surface area contributed by atoms with Gasteiger partial charge in [-0.3, -0.25) is 0 Å². The van der Waals surface area contributed by atoms with Crippen LogP contribution in [0.1, 0.15) is 0 Å². The number of rotatable bonds is 2. The molecule has 0 aromatic heterocycles. The maximum atomic E-state index is 12.7. The van der Waals surface area contributed by atoms with Gasteiger partial charge in [0.1, 0.15) is 0 Å². The summed E-state index contributed by atoms with van der Waals surface area (Å²) in [6, 6.07) is 0.0239. The normalized spacial score (nSPS) is 9.73. The summed E-state index contributed by atoms with van der Waals surface area (Å²) in [5.41, 5.74) is 0. The van der Waals surface area contributed by atoms with E-state index in [1.54, 1.807) is 0 Å². The van der Waals surface area contributed by atoms with Gasteiger partial charge in [0.2, 0.25) is 5.82 Å². The first-order valence-corrected chi connectivity index (χ1v) is 5.97. The Balaban J connectivity index is 0. The van der Waals surface area contributed by atoms with Crippen LogP contribution < -0.4 is 4.65 Å². The van der Waals surface area contributed by atoms with E-state index in [1.165, 1.54) is 0 Å². The van der Waals surface area contributed by atoms with E-state index < -0.39 is 36.3 Å². The Bertz CT molecular complexity index is 437. The Morgan fingerprint density at radius 2 is 1.18 bits per heavy atom. The van der Waals surface area contributed by atoms with Gasteiger partial charge in [-0.1, -0.05) is 0 Å². The Labute approximate surface area is 127 Å². The molecule has 128 valence electrons. The molecular formula is C12H21BF4N2O3. The number of hydrogen-bond acceptors (Lipinski definition) is 5. The van der Waals surface area contributed by atoms with Crippen molar-refractivity contribution in [3.63, 3.8) is 0 Å². The van der Waals surface area contributed by atoms with Crippen LogP contribution in [0, 0.1) is 23.3 Å². The lowest BCUT2D eigenvalue weighted by Gasteiger charge is -2.07. The van der Waals surface area contributed by atoms with Crippen LogP contribution in [0.15, 0.2) is 6.07 Å². The van der Waals surface area contributed by atoms with Gasteiger partial charge in [0.05, 0.1) is 0 Å². The van der Waals surface area contributed by atoms with Crippen LogP contribution >= 0.6 is 0 Å². The van der Waals surface area contributed by atoms with E-state index in [4.69, 9.17) is 10.0 Å². The molecule has 1 aromatic carbocycles. The van der Waals surface area contributed by atoms with Crippen LogP contribution in [0.4, 0.5) is 17.6 Å². The number of halogens is 4. The highest BCUT2D eigenvalue weighted by atomic mass is 19.2. The molecule has 0 aliphatic carbocycles. The van der Waals surface area contributed by atoms with E-state index in [9.17, 15) is 17.6 Å². The molecular weight excluding hydrogens is 307 g/mol. The zero-order chi connectivity index (χ0) is 18.0. The molecule has 1 rings (SSSR count). The smallest absolute Gasteiger partial charge is 0.507 e. The highest BCUT2D eigenvalue weighted by Gasteiger charge is 2.24. The molecule has 0 aliphatic rings. The first-order valence-electron chi connectivity index (χ1n) is 5.97. The third-order valence-corrected chi connectivity index (χ3v) is 1.30. The van der Waals surface area contributed by atoms with Gasteiger partial charge in [0, 0.05) is 6.07 Å². The quantitative estimate of drug-likeness (QED) is 0.366. The van der Waals surface area contributed by atoms with Gasteiger partial charge in [0.25, 0.3) is 0 Å². The van der Waals surface area contributed by atoms with E-state index >= 15 is 0 Å². The maximum Gasteiger partial charge on any atom is 0.707 e. The standard InChI is InChI=1S/C6H3BF4O3.2C3H9N/c8-2-1-3(9)6(14-7(12)13)5(11)4(2)10;2*1-4(2)3/h1,12-13H;2*1-3H3. The molecule has 0 heterocycles. The van der Waals surface area contributed by atoms with Gasteiger partial charge < -0.3 is 24.5 Å². The van der Waals surface area contributed by atoms with Crippen molar-refractivity contribution in [2.75, 3.05) is 42.3 Å². The van der Waals surface area contributed by atoms with Crippen LogP contribution in [0.25, 0.3) is 0 Å². The molecule has 10 heteroatoms. The summed E-state index contributed by atoms with van der Waals surface area (Å²) in [5, 5.41) is 16.4. The Hall–Kier alpha value is -1.36. The van der Waals surface area contributed by atoms with Crippen molar-refractivity contribution in [1.82, 2.24) is 9.80 Å². The molecule has 0 unspecified atom stereocenters. The van der Waals surface area contributed by atoms with Gasteiger partial charge >= 0.3 is 7.32 Å². The fourth-order valence-corrected chi connectivity index (χ4v) is 0.763. The van der Waals surface area contributed by atoms with Crippen LogP contribution in [-0.4, -0.2) is 69.5 Å². The summed E-state index contributed by atoms with van der Waals surface area (Å²) >= 11 is 0. The van der Waals surface area contributed by atoms with Crippen molar-refractivity contribution in [3.8, 4) is 5.75 Å². The molecule has 0 saturated carbocycles. The van der Waals surface area contributed by atoms with E-state index in [0.29, 0.717) is 0 Å². The number of hydrogen-bond donors (Lipinski definition) is 2. The van der Waals surface area contributed by atoms with Crippen molar-refractivity contribution >= 4 is 7.32 Å². The molecule has 2 N–H and O–H groups in total. The van der Waals surface area contributed by atoms with Crippen molar-refractivity contribution in [3.05, 3.63) is 29.3 Å². The third-order valence-electron chi connectivity index (χ3n) is 1.30. The third kappa shape index (κ3) is 11.3. The SMILES string of the molecule is CN(C)C.CN(C)C.OB(O)Oc1c(F)cc(F)c(F)c1F. The number of nitrogens with zero attached hydrogens (tertiary/aromatic N) is 2. The van der Waals surface area contributed by atoms with E-state index in [2.05, 4.69) is 4.65 Å². The topological polar surface area (TPSA) is 56.2 Å². The maximum absolute atomic E-state index is 12.7. The Morgan fingerprint density at radius 1 is 0.818 bits per heavy atom. The van der Waals surface area contributed by atoms with E-state index in [0.717, 1.165) is 0 Å². The van der Waals surface area contributed by atoms with E-state index in [1.807, 2.05) is 52.1 Å². The van der Waals surface area contributed by atoms with Gasteiger partial charge in [-0.15, -0.1) is 0 Å². The summed E-state index contributed by atoms with van der Waals surface area (Å²) in [7, 11) is 9.48. The van der Waals surface area contributed by atoms with Crippen molar-refractivity contribution in [2.24, 2.45) is 0 Å². The molecule has 5 nitrogen and oxygen atoms in total. The van der Waals surface area contributed by atoms with Crippen molar-refractivity contribution < 1.29 is 32.3 Å². The molecule has 0 atom stereocenters. The van der Waals surface area contributed by atoms with E-state index in [-0.39, 0.29) is 6.07 Å². The fraction of sp³-hybridized carbons (Fsp3) is 0.500. The van der Waals surface area contributed by atoms with Gasteiger partial charge in [0.15, 0.2) is 23.2 Å². The molecule has 0 spiro atoms. The van der Waals surface area contributed by atoms with Gasteiger partial charge in [-0.25, -0.2) is 13.2 Å². The average Bonchev–Trinajstić information content (AvgIpc) is 2.30. The summed E-state index contributed by atoms with van der Waals surface area (Å²) in [4.78, 5) is 4.00. The lowest BCUT2D eigenvalue weighted by Crippen LogP contribution is -2.22. The number of benzene rings is 1. The summed E-state index contributed by atoms with van der Waals surface area (Å²) in [5.74, 6) is -8.62. The van der Waals surface area contributed by atoms with Gasteiger partial charge in [-0.05, 0) is 42.3 Å². The largest absolute Gasteiger partial charge is 0.707 e. The highest BCUT2D eigenvalue weighted by Crippen LogP contribution is 2.25. The summed E-state index contributed by atoms with van der Waals surface area (Å²) in [6.45, 7) is 0. The molecule has 0 aliphatic heterocycles. The summed E-state index contributed by atoms with van der Waals surface area (Å²) < 4.78 is 53.9. The van der Waals surface area contributed by atoms with Crippen molar-refractivity contribution in [1.29, 1.82) is 0 Å². The predicted octanol–water partition coefficient (Wildman–Crippen LogP) is 0.947. The molecule has 0 bridgehead atoms. The van der Waals surface area contributed by atoms with Crippen LogP contribution in [-0.2, 0) is 0 Å². The molecule has 0 fully saturated rings. The average molecular weight is 328 g/mol. The monoisotopic (exact) mass is 328 g/mol. The highest BCUT2D eigenvalue weighted by molar-refractivity contribution is 6.33. The molecule has 0 amide bonds. The van der Waals surface area contributed by atoms with Crippen LogP contribution in [0.2, 0.25) is 0 Å². The first-order chi connectivity index (χ1) is 9.89. The molecule has 1 aromatic rings. The summed E-state index contributed by atoms with van der Waals surface area (Å²) in [6.07, 6.45) is 0. The minimum absolute atomic E-state index is 0.0239. The fourth-order valence-electron chi connectivity index (χ4n) is 0.763. The lowest BCUT2D eigenvalue weighted by atomic mass is 10.2. The molecule has 22 heavy (non-hydrogen) atoms. The Morgan fingerprint density at radius 3 is 1.50 bits per heavy atom. The Kier molecular flexibility index (Phi) is 11.7. The minimum Gasteiger partial charge on any atom is -0.507 e.